The zero-order valence-electron chi connectivity index (χ0n) is 13.2. The third-order valence-electron chi connectivity index (χ3n) is 4.86. The third kappa shape index (κ3) is 3.35. The Labute approximate surface area is 136 Å². The second-order valence-electron chi connectivity index (χ2n) is 6.23. The summed E-state index contributed by atoms with van der Waals surface area (Å²) in [6.45, 7) is 3.48. The highest BCUT2D eigenvalue weighted by molar-refractivity contribution is 5.25. The molecule has 1 aromatic carbocycles. The highest BCUT2D eigenvalue weighted by Gasteiger charge is 2.50. The summed E-state index contributed by atoms with van der Waals surface area (Å²) in [5.41, 5.74) is 0.113. The summed E-state index contributed by atoms with van der Waals surface area (Å²) >= 11 is 0. The minimum Gasteiger partial charge on any atom is -0.314 e. The molecule has 3 rings (SSSR count). The second-order valence-corrected chi connectivity index (χ2v) is 6.23. The topological polar surface area (TPSA) is 58.4 Å². The molecule has 1 heterocycles. The van der Waals surface area contributed by atoms with Gasteiger partial charge in [0.1, 0.15) is 0 Å². The van der Waals surface area contributed by atoms with Crippen LogP contribution in [0, 0.1) is 10.1 Å². The number of hydrogen-bond acceptors (Lipinski definition) is 4. The Kier molecular flexibility index (Phi) is 4.88. The fourth-order valence-corrected chi connectivity index (χ4v) is 3.58. The van der Waals surface area contributed by atoms with E-state index in [1.165, 1.54) is 0 Å². The quantitative estimate of drug-likeness (QED) is 0.667. The Hall–Kier alpha value is -1.98. The molecule has 122 valence electrons. The van der Waals surface area contributed by atoms with Gasteiger partial charge in [-0.2, -0.15) is 0 Å². The van der Waals surface area contributed by atoms with Crippen LogP contribution in [-0.4, -0.2) is 47.6 Å². The van der Waals surface area contributed by atoms with Gasteiger partial charge in [-0.3, -0.25) is 15.0 Å². The number of hydrogen-bond donors (Lipinski definition) is 1. The predicted molar refractivity (Wildman–Crippen MR) is 91.0 cm³/mol. The molecule has 5 nitrogen and oxygen atoms in total. The molecule has 1 N–H and O–H groups in total. The number of allylic oxidation sites excluding steroid dienone is 2. The van der Waals surface area contributed by atoms with E-state index in [1.54, 1.807) is 6.08 Å². The zero-order valence-corrected chi connectivity index (χ0v) is 13.2. The van der Waals surface area contributed by atoms with Crippen LogP contribution in [0.2, 0.25) is 0 Å². The fraction of sp³-hybridized carbons (Fsp3) is 0.444. The molecule has 2 atom stereocenters. The van der Waals surface area contributed by atoms with Crippen LogP contribution >= 0.6 is 0 Å². The number of rotatable bonds is 5. The summed E-state index contributed by atoms with van der Waals surface area (Å²) in [4.78, 5) is 14.2. The first-order valence-electron chi connectivity index (χ1n) is 8.20. The van der Waals surface area contributed by atoms with Gasteiger partial charge in [-0.15, -0.1) is 0 Å². The molecular weight excluding hydrogens is 290 g/mol. The van der Waals surface area contributed by atoms with Crippen molar-refractivity contribution in [2.24, 2.45) is 0 Å². The number of nitrogens with zero attached hydrogens (tertiary/aromatic N) is 2. The van der Waals surface area contributed by atoms with Gasteiger partial charge in [-0.25, -0.2) is 0 Å². The second kappa shape index (κ2) is 7.06. The van der Waals surface area contributed by atoms with E-state index in [4.69, 9.17) is 0 Å². The molecule has 0 aromatic heterocycles. The molecule has 1 fully saturated rings. The monoisotopic (exact) mass is 313 g/mol. The molecule has 1 aromatic rings. The molecule has 0 radical (unpaired) electrons. The smallest absolute Gasteiger partial charge is 0.259 e. The van der Waals surface area contributed by atoms with Crippen molar-refractivity contribution in [1.29, 1.82) is 0 Å². The molecule has 1 aliphatic heterocycles. The number of piperazine rings is 1. The van der Waals surface area contributed by atoms with E-state index in [9.17, 15) is 10.1 Å². The van der Waals surface area contributed by atoms with Crippen LogP contribution in [0.1, 0.15) is 12.0 Å². The Morgan fingerprint density at radius 2 is 1.96 bits per heavy atom. The van der Waals surface area contributed by atoms with E-state index in [2.05, 4.69) is 22.3 Å². The van der Waals surface area contributed by atoms with E-state index in [1.807, 2.05) is 36.4 Å². The van der Waals surface area contributed by atoms with Gasteiger partial charge < -0.3 is 5.32 Å². The Bertz CT molecular complexity index is 594. The molecule has 23 heavy (non-hydrogen) atoms. The summed E-state index contributed by atoms with van der Waals surface area (Å²) in [6.07, 6.45) is 8.59. The van der Waals surface area contributed by atoms with Crippen LogP contribution in [-0.2, 0) is 6.42 Å². The lowest BCUT2D eigenvalue weighted by Gasteiger charge is -2.41. The first-order valence-corrected chi connectivity index (χ1v) is 8.20. The number of nitrogens with one attached hydrogen (secondary N) is 1. The van der Waals surface area contributed by atoms with Crippen molar-refractivity contribution in [2.45, 2.75) is 24.4 Å². The van der Waals surface area contributed by atoms with Gasteiger partial charge in [0.05, 0.1) is 6.04 Å². The zero-order chi connectivity index (χ0) is 16.1. The van der Waals surface area contributed by atoms with Crippen LogP contribution in [0.25, 0.3) is 0 Å². The first-order chi connectivity index (χ1) is 11.2. The van der Waals surface area contributed by atoms with E-state index >= 15 is 0 Å². The summed E-state index contributed by atoms with van der Waals surface area (Å²) in [5.74, 6) is 0. The minimum absolute atomic E-state index is 0.0807. The molecule has 0 spiro atoms. The van der Waals surface area contributed by atoms with Gasteiger partial charge >= 0.3 is 0 Å². The molecule has 2 aliphatic rings. The van der Waals surface area contributed by atoms with Crippen LogP contribution in [0.4, 0.5) is 0 Å². The van der Waals surface area contributed by atoms with E-state index in [-0.39, 0.29) is 11.0 Å². The van der Waals surface area contributed by atoms with Crippen LogP contribution in [0.15, 0.2) is 54.6 Å². The van der Waals surface area contributed by atoms with Crippen molar-refractivity contribution >= 4 is 0 Å². The van der Waals surface area contributed by atoms with Crippen molar-refractivity contribution in [1.82, 2.24) is 10.2 Å². The maximum Gasteiger partial charge on any atom is 0.259 e. The standard InChI is InChI=1S/C18H23N3O2/c22-21(23)18(9-5-2-6-10-18)17(20-13-11-19-12-14-20)15-16-7-3-1-4-8-16/h1-9,17,19H,10-15H2. The minimum atomic E-state index is -1.04. The molecule has 2 unspecified atom stereocenters. The molecule has 0 saturated carbocycles. The fourth-order valence-electron chi connectivity index (χ4n) is 3.58. The lowest BCUT2D eigenvalue weighted by molar-refractivity contribution is -0.563. The maximum atomic E-state index is 12.0. The van der Waals surface area contributed by atoms with Gasteiger partial charge in [0.15, 0.2) is 0 Å². The van der Waals surface area contributed by atoms with Crippen LogP contribution < -0.4 is 5.32 Å². The van der Waals surface area contributed by atoms with Crippen molar-refractivity contribution < 1.29 is 4.92 Å². The summed E-state index contributed by atoms with van der Waals surface area (Å²) in [5, 5.41) is 15.4. The summed E-state index contributed by atoms with van der Waals surface area (Å²) < 4.78 is 0. The van der Waals surface area contributed by atoms with Gasteiger partial charge in [0, 0.05) is 37.5 Å². The van der Waals surface area contributed by atoms with E-state index in [0.717, 1.165) is 31.7 Å². The van der Waals surface area contributed by atoms with Crippen LogP contribution in [0.5, 0.6) is 0 Å². The van der Waals surface area contributed by atoms with Crippen molar-refractivity contribution in [3.63, 3.8) is 0 Å². The predicted octanol–water partition coefficient (Wildman–Crippen LogP) is 2.03. The normalized spacial score (nSPS) is 26.1. The molecule has 1 saturated heterocycles. The Morgan fingerprint density at radius 1 is 1.22 bits per heavy atom. The maximum absolute atomic E-state index is 12.0. The van der Waals surface area contributed by atoms with Gasteiger partial charge in [0.2, 0.25) is 0 Å². The highest BCUT2D eigenvalue weighted by atomic mass is 16.6. The average molecular weight is 313 g/mol. The van der Waals surface area contributed by atoms with Gasteiger partial charge in [0.25, 0.3) is 5.54 Å². The van der Waals surface area contributed by atoms with Crippen molar-refractivity contribution in [3.8, 4) is 0 Å². The largest absolute Gasteiger partial charge is 0.314 e. The highest BCUT2D eigenvalue weighted by Crippen LogP contribution is 2.31. The Balaban J connectivity index is 1.94. The number of nitro groups is 1. The average Bonchev–Trinajstić information content (AvgIpc) is 2.62. The lowest BCUT2D eigenvalue weighted by atomic mass is 9.80. The van der Waals surface area contributed by atoms with Crippen LogP contribution in [0.3, 0.4) is 0 Å². The van der Waals surface area contributed by atoms with Gasteiger partial charge in [-0.1, -0.05) is 48.6 Å². The van der Waals surface area contributed by atoms with Crippen molar-refractivity contribution in [2.75, 3.05) is 26.2 Å². The molecule has 0 amide bonds. The first kappa shape index (κ1) is 15.9. The third-order valence-corrected chi connectivity index (χ3v) is 4.86. The number of benzene rings is 1. The molecular formula is C18H23N3O2. The van der Waals surface area contributed by atoms with Gasteiger partial charge in [-0.05, 0) is 18.1 Å². The lowest BCUT2D eigenvalue weighted by Crippen LogP contribution is -2.61. The SMILES string of the molecule is O=[N+]([O-])C1(C(Cc2ccccc2)N2CCNCC2)C=CC=CC1. The molecule has 1 aliphatic carbocycles. The molecule has 0 bridgehead atoms. The van der Waals surface area contributed by atoms with E-state index in [0.29, 0.717) is 12.8 Å². The Morgan fingerprint density at radius 3 is 2.57 bits per heavy atom. The summed E-state index contributed by atoms with van der Waals surface area (Å²) in [6, 6.07) is 9.97. The summed E-state index contributed by atoms with van der Waals surface area (Å²) in [7, 11) is 0. The molecule has 5 heteroatoms. The van der Waals surface area contributed by atoms with E-state index < -0.39 is 5.54 Å². The van der Waals surface area contributed by atoms with Crippen molar-refractivity contribution in [3.05, 3.63) is 70.3 Å².